The molecule has 0 atom stereocenters. The minimum Gasteiger partial charge on any atom is -0.494 e. The number of hydrogen-bond donors (Lipinski definition) is 1. The summed E-state index contributed by atoms with van der Waals surface area (Å²) in [4.78, 5) is 0. The van der Waals surface area contributed by atoms with E-state index in [2.05, 4.69) is 21.8 Å². The summed E-state index contributed by atoms with van der Waals surface area (Å²) in [5.41, 5.74) is 0.836. The maximum Gasteiger partial charge on any atom is 0.136 e. The highest BCUT2D eigenvalue weighted by Gasteiger charge is 2.07. The molecule has 0 aliphatic rings. The summed E-state index contributed by atoms with van der Waals surface area (Å²) >= 11 is 1.35. The van der Waals surface area contributed by atoms with E-state index in [9.17, 15) is 0 Å². The van der Waals surface area contributed by atoms with Crippen molar-refractivity contribution in [2.24, 2.45) is 0 Å². The van der Waals surface area contributed by atoms with Crippen LogP contribution in [-0.2, 0) is 6.61 Å². The van der Waals surface area contributed by atoms with Crippen LogP contribution in [0.1, 0.15) is 26.0 Å². The molecule has 108 valence electrons. The molecular formula is C14H19N3O2S. The van der Waals surface area contributed by atoms with Gasteiger partial charge < -0.3 is 14.8 Å². The van der Waals surface area contributed by atoms with Gasteiger partial charge in [-0.25, -0.2) is 0 Å². The lowest BCUT2D eigenvalue weighted by Gasteiger charge is -2.08. The van der Waals surface area contributed by atoms with E-state index < -0.39 is 0 Å². The number of nitrogens with one attached hydrogen (secondary N) is 1. The Morgan fingerprint density at radius 2 is 1.80 bits per heavy atom. The van der Waals surface area contributed by atoms with Gasteiger partial charge in [0.1, 0.15) is 28.8 Å². The average molecular weight is 293 g/mol. The van der Waals surface area contributed by atoms with Crippen molar-refractivity contribution in [1.29, 1.82) is 0 Å². The third-order valence-corrected chi connectivity index (χ3v) is 3.29. The highest BCUT2D eigenvalue weighted by atomic mass is 32.1. The molecule has 0 amide bonds. The number of anilines is 1. The molecular weight excluding hydrogens is 274 g/mol. The summed E-state index contributed by atoms with van der Waals surface area (Å²) < 4.78 is 15.2. The molecule has 1 heterocycles. The van der Waals surface area contributed by atoms with Gasteiger partial charge in [0.05, 0.1) is 6.61 Å². The molecule has 20 heavy (non-hydrogen) atoms. The molecule has 2 aromatic rings. The molecule has 0 saturated carbocycles. The molecule has 1 N–H and O–H groups in total. The van der Waals surface area contributed by atoms with Gasteiger partial charge in [-0.3, -0.25) is 0 Å². The number of aromatic nitrogens is 2. The van der Waals surface area contributed by atoms with Gasteiger partial charge in [0.25, 0.3) is 0 Å². The van der Waals surface area contributed by atoms with Crippen LogP contribution in [-0.4, -0.2) is 22.7 Å². The number of rotatable bonds is 8. The van der Waals surface area contributed by atoms with Gasteiger partial charge in [-0.05, 0) is 37.6 Å². The van der Waals surface area contributed by atoms with Crippen LogP contribution in [0, 0.1) is 0 Å². The van der Waals surface area contributed by atoms with Crippen LogP contribution in [0.15, 0.2) is 24.3 Å². The van der Waals surface area contributed by atoms with Crippen molar-refractivity contribution < 1.29 is 9.47 Å². The lowest BCUT2D eigenvalue weighted by Crippen LogP contribution is -2.02. The van der Waals surface area contributed by atoms with Crippen LogP contribution in [0.3, 0.4) is 0 Å². The minimum atomic E-state index is 0.411. The highest BCUT2D eigenvalue weighted by Crippen LogP contribution is 2.21. The Balaban J connectivity index is 1.88. The normalized spacial score (nSPS) is 10.3. The Hall–Kier alpha value is -1.82. The Bertz CT molecular complexity index is 513. The Labute approximate surface area is 123 Å². The summed E-state index contributed by atoms with van der Waals surface area (Å²) in [5, 5.41) is 8.25. The molecule has 5 nitrogen and oxygen atoms in total. The van der Waals surface area contributed by atoms with E-state index >= 15 is 0 Å². The fraction of sp³-hybridized carbons (Fsp3) is 0.429. The van der Waals surface area contributed by atoms with Crippen LogP contribution >= 0.6 is 11.5 Å². The van der Waals surface area contributed by atoms with Crippen molar-refractivity contribution in [3.05, 3.63) is 30.0 Å². The zero-order chi connectivity index (χ0) is 14.2. The van der Waals surface area contributed by atoms with Gasteiger partial charge in [-0.2, -0.15) is 0 Å². The Kier molecular flexibility index (Phi) is 5.61. The molecule has 6 heteroatoms. The van der Waals surface area contributed by atoms with Crippen LogP contribution in [0.2, 0.25) is 0 Å². The SMILES string of the molecule is CCCOc1ccc(OCc2nnsc2NCC)cc1. The topological polar surface area (TPSA) is 56.3 Å². The lowest BCUT2D eigenvalue weighted by molar-refractivity contribution is 0.298. The lowest BCUT2D eigenvalue weighted by atomic mass is 10.3. The van der Waals surface area contributed by atoms with Gasteiger partial charge in [-0.15, -0.1) is 5.10 Å². The average Bonchev–Trinajstić information content (AvgIpc) is 2.92. The van der Waals surface area contributed by atoms with Crippen LogP contribution in [0.4, 0.5) is 5.00 Å². The third kappa shape index (κ3) is 4.09. The summed E-state index contributed by atoms with van der Waals surface area (Å²) in [6.45, 7) is 6.12. The monoisotopic (exact) mass is 293 g/mol. The maximum absolute atomic E-state index is 5.71. The maximum atomic E-state index is 5.71. The van der Waals surface area contributed by atoms with E-state index in [1.165, 1.54) is 11.5 Å². The number of benzene rings is 1. The molecule has 0 bridgehead atoms. The Morgan fingerprint density at radius 1 is 1.10 bits per heavy atom. The van der Waals surface area contributed by atoms with Crippen molar-refractivity contribution in [2.75, 3.05) is 18.5 Å². The van der Waals surface area contributed by atoms with Crippen LogP contribution < -0.4 is 14.8 Å². The van der Waals surface area contributed by atoms with Crippen molar-refractivity contribution in [3.63, 3.8) is 0 Å². The molecule has 0 unspecified atom stereocenters. The second-order valence-electron chi connectivity index (χ2n) is 4.19. The molecule has 0 aliphatic carbocycles. The van der Waals surface area contributed by atoms with Gasteiger partial charge in [-0.1, -0.05) is 11.4 Å². The van der Waals surface area contributed by atoms with E-state index in [4.69, 9.17) is 9.47 Å². The summed E-state index contributed by atoms with van der Waals surface area (Å²) in [7, 11) is 0. The number of ether oxygens (including phenoxy) is 2. The van der Waals surface area contributed by atoms with Crippen LogP contribution in [0.5, 0.6) is 11.5 Å². The molecule has 0 aliphatic heterocycles. The highest BCUT2D eigenvalue weighted by molar-refractivity contribution is 7.10. The number of hydrogen-bond acceptors (Lipinski definition) is 6. The number of nitrogens with zero attached hydrogens (tertiary/aromatic N) is 2. The van der Waals surface area contributed by atoms with E-state index in [1.807, 2.05) is 31.2 Å². The molecule has 0 spiro atoms. The fourth-order valence-corrected chi connectivity index (χ4v) is 2.24. The first-order valence-electron chi connectivity index (χ1n) is 6.74. The van der Waals surface area contributed by atoms with Crippen molar-refractivity contribution >= 4 is 16.5 Å². The minimum absolute atomic E-state index is 0.411. The molecule has 2 rings (SSSR count). The summed E-state index contributed by atoms with van der Waals surface area (Å²) in [5.74, 6) is 1.66. The first kappa shape index (κ1) is 14.6. The van der Waals surface area contributed by atoms with Crippen LogP contribution in [0.25, 0.3) is 0 Å². The summed E-state index contributed by atoms with van der Waals surface area (Å²) in [6, 6.07) is 7.63. The van der Waals surface area contributed by atoms with Gasteiger partial charge >= 0.3 is 0 Å². The summed E-state index contributed by atoms with van der Waals surface area (Å²) in [6.07, 6.45) is 1.00. The molecule has 1 aromatic heterocycles. The fourth-order valence-electron chi connectivity index (χ4n) is 1.60. The smallest absolute Gasteiger partial charge is 0.136 e. The van der Waals surface area contributed by atoms with E-state index in [0.717, 1.165) is 41.8 Å². The largest absolute Gasteiger partial charge is 0.494 e. The van der Waals surface area contributed by atoms with Crippen molar-refractivity contribution in [1.82, 2.24) is 9.59 Å². The predicted octanol–water partition coefficient (Wildman–Crippen LogP) is 3.34. The third-order valence-electron chi connectivity index (χ3n) is 2.57. The van der Waals surface area contributed by atoms with Crippen molar-refractivity contribution in [2.45, 2.75) is 26.9 Å². The zero-order valence-corrected chi connectivity index (χ0v) is 12.6. The quantitative estimate of drug-likeness (QED) is 0.809. The second kappa shape index (κ2) is 7.69. The standard InChI is InChI=1S/C14H19N3O2S/c1-3-9-18-11-5-7-12(8-6-11)19-10-13-14(15-4-2)20-17-16-13/h5-8,15H,3-4,9-10H2,1-2H3. The van der Waals surface area contributed by atoms with Gasteiger partial charge in [0.15, 0.2) is 0 Å². The van der Waals surface area contributed by atoms with E-state index in [0.29, 0.717) is 6.61 Å². The van der Waals surface area contributed by atoms with Gasteiger partial charge in [0.2, 0.25) is 0 Å². The second-order valence-corrected chi connectivity index (χ2v) is 4.94. The Morgan fingerprint density at radius 3 is 2.45 bits per heavy atom. The zero-order valence-electron chi connectivity index (χ0n) is 11.8. The molecule has 0 fully saturated rings. The first-order chi connectivity index (χ1) is 9.83. The molecule has 1 aromatic carbocycles. The molecule has 0 saturated heterocycles. The predicted molar refractivity (Wildman–Crippen MR) is 80.6 cm³/mol. The first-order valence-corrected chi connectivity index (χ1v) is 7.51. The van der Waals surface area contributed by atoms with E-state index in [-0.39, 0.29) is 0 Å². The van der Waals surface area contributed by atoms with Crippen molar-refractivity contribution in [3.8, 4) is 11.5 Å². The molecule has 0 radical (unpaired) electrons. The van der Waals surface area contributed by atoms with E-state index in [1.54, 1.807) is 0 Å². The van der Waals surface area contributed by atoms with Gasteiger partial charge in [0, 0.05) is 18.1 Å².